The predicted molar refractivity (Wildman–Crippen MR) is 165 cm³/mol. The Morgan fingerprint density at radius 3 is 1.57 bits per heavy atom. The second-order valence-electron chi connectivity index (χ2n) is 9.13. The van der Waals surface area contributed by atoms with Crippen LogP contribution in [-0.4, -0.2) is 64.9 Å². The number of benzene rings is 3. The van der Waals surface area contributed by atoms with Crippen molar-refractivity contribution >= 4 is 30.8 Å². The number of hydrogen-bond donors (Lipinski definition) is 2. The highest BCUT2D eigenvalue weighted by Gasteiger charge is 2.27. The van der Waals surface area contributed by atoms with E-state index in [9.17, 15) is 16.8 Å². The molecule has 0 radical (unpaired) electrons. The number of nitriles is 2. The standard InChI is InChI=1S/C15H15N3O2S.C11H13N3O2S.2C2H6/c16-11-18-8-7-14(10-18)17-21(19,20)15-6-5-12-3-1-2-4-13(12)9-15;12-9-14-7-6-10(8-14)13-17(15,16)11-4-2-1-3-5-11;2*1-2/h1-6,9,14,17H,7-8,10H2;1-5,10,13H,6-8H2;2*1-2H3. The maximum Gasteiger partial charge on any atom is 0.240 e. The van der Waals surface area contributed by atoms with Crippen LogP contribution in [0.4, 0.5) is 0 Å². The third-order valence-electron chi connectivity index (χ3n) is 6.39. The van der Waals surface area contributed by atoms with Gasteiger partial charge in [-0.3, -0.25) is 0 Å². The molecule has 10 nitrogen and oxygen atoms in total. The SMILES string of the molecule is CC.CC.N#CN1CCC(NS(=O)(=O)c2ccc3ccccc3c2)C1.N#CN1CCC(NS(=O)(=O)c2ccccc2)C1. The summed E-state index contributed by atoms with van der Waals surface area (Å²) in [6.07, 6.45) is 5.38. The second-order valence-corrected chi connectivity index (χ2v) is 12.6. The first-order valence-electron chi connectivity index (χ1n) is 14.1. The number of rotatable bonds is 6. The molecule has 5 rings (SSSR count). The Labute approximate surface area is 250 Å². The Morgan fingerprint density at radius 2 is 1.10 bits per heavy atom. The quantitative estimate of drug-likeness (QED) is 0.393. The molecule has 2 fully saturated rings. The molecule has 3 aromatic carbocycles. The van der Waals surface area contributed by atoms with Crippen molar-refractivity contribution in [3.05, 3.63) is 72.8 Å². The van der Waals surface area contributed by atoms with Crippen LogP contribution in [0.1, 0.15) is 40.5 Å². The molecule has 2 N–H and O–H groups in total. The van der Waals surface area contributed by atoms with Crippen molar-refractivity contribution in [2.45, 2.75) is 62.4 Å². The lowest BCUT2D eigenvalue weighted by Crippen LogP contribution is -2.36. The molecular formula is C30H40N6O4S2. The van der Waals surface area contributed by atoms with Gasteiger partial charge in [0.25, 0.3) is 0 Å². The lowest BCUT2D eigenvalue weighted by atomic mass is 10.1. The molecule has 0 spiro atoms. The van der Waals surface area contributed by atoms with Crippen molar-refractivity contribution in [2.75, 3.05) is 26.2 Å². The third kappa shape index (κ3) is 9.71. The zero-order valence-corrected chi connectivity index (χ0v) is 26.2. The number of nitrogens with zero attached hydrogens (tertiary/aromatic N) is 4. The number of nitrogens with one attached hydrogen (secondary N) is 2. The molecule has 0 aromatic heterocycles. The number of fused-ring (bicyclic) bond motifs is 1. The van der Waals surface area contributed by atoms with Crippen LogP contribution in [0, 0.1) is 22.9 Å². The summed E-state index contributed by atoms with van der Waals surface area (Å²) in [5.41, 5.74) is 0. The highest BCUT2D eigenvalue weighted by molar-refractivity contribution is 7.89. The maximum atomic E-state index is 12.4. The molecule has 226 valence electrons. The molecule has 42 heavy (non-hydrogen) atoms. The minimum atomic E-state index is -3.55. The van der Waals surface area contributed by atoms with Crippen LogP contribution < -0.4 is 9.44 Å². The monoisotopic (exact) mass is 612 g/mol. The summed E-state index contributed by atoms with van der Waals surface area (Å²) in [6, 6.07) is 20.6. The summed E-state index contributed by atoms with van der Waals surface area (Å²) >= 11 is 0. The van der Waals surface area contributed by atoms with Crippen molar-refractivity contribution in [3.63, 3.8) is 0 Å². The summed E-state index contributed by atoms with van der Waals surface area (Å²) in [5.74, 6) is 0. The van der Waals surface area contributed by atoms with E-state index in [1.54, 1.807) is 58.3 Å². The van der Waals surface area contributed by atoms with Gasteiger partial charge in [-0.1, -0.05) is 76.2 Å². The van der Waals surface area contributed by atoms with Crippen molar-refractivity contribution in [2.24, 2.45) is 0 Å². The number of sulfonamides is 2. The summed E-state index contributed by atoms with van der Waals surface area (Å²) in [7, 11) is -7.01. The lowest BCUT2D eigenvalue weighted by molar-refractivity contribution is 0.470. The van der Waals surface area contributed by atoms with Gasteiger partial charge in [0.2, 0.25) is 20.0 Å². The van der Waals surface area contributed by atoms with Crippen molar-refractivity contribution in [1.82, 2.24) is 19.2 Å². The molecule has 12 heteroatoms. The fourth-order valence-corrected chi connectivity index (χ4v) is 6.98. The first-order valence-corrected chi connectivity index (χ1v) is 17.0. The van der Waals surface area contributed by atoms with Gasteiger partial charge in [-0.25, -0.2) is 26.3 Å². The third-order valence-corrected chi connectivity index (χ3v) is 9.44. The average Bonchev–Trinajstić information content (AvgIpc) is 3.68. The molecule has 2 heterocycles. The second kappa shape index (κ2) is 16.7. The fourth-order valence-electron chi connectivity index (χ4n) is 4.40. The van der Waals surface area contributed by atoms with Crippen LogP contribution in [0.2, 0.25) is 0 Å². The molecule has 2 unspecified atom stereocenters. The van der Waals surface area contributed by atoms with E-state index < -0.39 is 20.0 Å². The van der Waals surface area contributed by atoms with Crippen LogP contribution in [-0.2, 0) is 20.0 Å². The van der Waals surface area contributed by atoms with Gasteiger partial charge in [0, 0.05) is 38.3 Å². The van der Waals surface area contributed by atoms with E-state index in [2.05, 4.69) is 9.44 Å². The Kier molecular flexibility index (Phi) is 13.7. The first-order chi connectivity index (χ1) is 20.2. The van der Waals surface area contributed by atoms with E-state index in [1.807, 2.05) is 64.3 Å². The van der Waals surface area contributed by atoms with Gasteiger partial charge in [0.1, 0.15) is 0 Å². The molecule has 3 aromatic rings. The fraction of sp³-hybridized carbons (Fsp3) is 0.400. The zero-order valence-electron chi connectivity index (χ0n) is 24.6. The van der Waals surface area contributed by atoms with Crippen molar-refractivity contribution in [1.29, 1.82) is 10.5 Å². The summed E-state index contributed by atoms with van der Waals surface area (Å²) in [6.45, 7) is 10.1. The Balaban J connectivity index is 0.000000267. The number of hydrogen-bond acceptors (Lipinski definition) is 8. The smallest absolute Gasteiger partial charge is 0.240 e. The minimum Gasteiger partial charge on any atom is -0.309 e. The molecule has 0 amide bonds. The first kappa shape index (κ1) is 34.5. The molecular weight excluding hydrogens is 573 g/mol. The predicted octanol–water partition coefficient (Wildman–Crippen LogP) is 4.25. The molecule has 0 aliphatic carbocycles. The zero-order chi connectivity index (χ0) is 31.2. The highest BCUT2D eigenvalue weighted by Crippen LogP contribution is 2.20. The van der Waals surface area contributed by atoms with Crippen LogP contribution in [0.25, 0.3) is 10.8 Å². The summed E-state index contributed by atoms with van der Waals surface area (Å²) in [4.78, 5) is 3.64. The van der Waals surface area contributed by atoms with Gasteiger partial charge < -0.3 is 9.80 Å². The molecule has 0 saturated carbocycles. The van der Waals surface area contributed by atoms with E-state index >= 15 is 0 Å². The van der Waals surface area contributed by atoms with Crippen LogP contribution in [0.3, 0.4) is 0 Å². The van der Waals surface area contributed by atoms with Crippen molar-refractivity contribution in [3.8, 4) is 12.4 Å². The van der Waals surface area contributed by atoms with Gasteiger partial charge in [0.15, 0.2) is 12.4 Å². The molecule has 0 bridgehead atoms. The van der Waals surface area contributed by atoms with Crippen molar-refractivity contribution < 1.29 is 16.8 Å². The van der Waals surface area contributed by atoms with E-state index in [0.29, 0.717) is 39.0 Å². The lowest BCUT2D eigenvalue weighted by Gasteiger charge is -2.13. The van der Waals surface area contributed by atoms with E-state index in [1.165, 1.54) is 0 Å². The van der Waals surface area contributed by atoms with Gasteiger partial charge in [-0.05, 0) is 47.9 Å². The molecule has 2 aliphatic rings. The maximum absolute atomic E-state index is 12.4. The Hall–Kier alpha value is -3.68. The topological polar surface area (TPSA) is 146 Å². The van der Waals surface area contributed by atoms with Crippen LogP contribution in [0.5, 0.6) is 0 Å². The Bertz CT molecular complexity index is 1570. The van der Waals surface area contributed by atoms with Gasteiger partial charge in [0.05, 0.1) is 9.79 Å². The highest BCUT2D eigenvalue weighted by atomic mass is 32.2. The molecule has 2 saturated heterocycles. The van der Waals surface area contributed by atoms with E-state index in [-0.39, 0.29) is 21.9 Å². The largest absolute Gasteiger partial charge is 0.309 e. The van der Waals surface area contributed by atoms with Gasteiger partial charge >= 0.3 is 0 Å². The summed E-state index contributed by atoms with van der Waals surface area (Å²) in [5, 5.41) is 19.4. The molecule has 2 aliphatic heterocycles. The van der Waals surface area contributed by atoms with Crippen LogP contribution >= 0.6 is 0 Å². The van der Waals surface area contributed by atoms with Gasteiger partial charge in [-0.15, -0.1) is 0 Å². The van der Waals surface area contributed by atoms with E-state index in [4.69, 9.17) is 10.5 Å². The normalized spacial score (nSPS) is 17.9. The van der Waals surface area contributed by atoms with Gasteiger partial charge in [-0.2, -0.15) is 10.5 Å². The average molecular weight is 613 g/mol. The minimum absolute atomic E-state index is 0.181. The van der Waals surface area contributed by atoms with E-state index in [0.717, 1.165) is 10.8 Å². The van der Waals surface area contributed by atoms with Crippen LogP contribution in [0.15, 0.2) is 82.6 Å². The Morgan fingerprint density at radius 1 is 0.643 bits per heavy atom. The summed E-state index contributed by atoms with van der Waals surface area (Å²) < 4.78 is 54.1. The number of likely N-dealkylation sites (tertiary alicyclic amines) is 2. The molecule has 2 atom stereocenters.